The second-order valence-corrected chi connectivity index (χ2v) is 2.55. The van der Waals surface area contributed by atoms with Gasteiger partial charge in [-0.1, -0.05) is 10.2 Å². The maximum absolute atomic E-state index is 10.8. The van der Waals surface area contributed by atoms with E-state index in [0.717, 1.165) is 0 Å². The lowest BCUT2D eigenvalue weighted by Crippen LogP contribution is -2.20. The van der Waals surface area contributed by atoms with E-state index in [9.17, 15) is 9.59 Å². The second kappa shape index (κ2) is 8.39. The molecule has 0 radical (unpaired) electrons. The number of nitrogens with zero attached hydrogens (tertiary/aromatic N) is 4. The third kappa shape index (κ3) is 7.44. The fourth-order valence-corrected chi connectivity index (χ4v) is 0.264. The average molecular weight is 227 g/mol. The van der Waals surface area contributed by atoms with Crippen molar-refractivity contribution < 1.29 is 15.1 Å². The van der Waals surface area contributed by atoms with E-state index < -0.39 is 12.1 Å². The monoisotopic (exact) mass is 226 g/mol. The highest BCUT2D eigenvalue weighted by Crippen LogP contribution is 1.89. The van der Waals surface area contributed by atoms with Gasteiger partial charge in [0.05, 0.1) is 0 Å². The van der Waals surface area contributed by atoms with Crippen molar-refractivity contribution in [1.29, 1.82) is 0 Å². The van der Waals surface area contributed by atoms with Gasteiger partial charge in [0.1, 0.15) is 0 Å². The minimum Gasteiger partial charge on any atom is -0.412 e. The topological polar surface area (TPSA) is 96.8 Å². The summed E-state index contributed by atoms with van der Waals surface area (Å²) in [6.07, 6.45) is 0. The summed E-state index contributed by atoms with van der Waals surface area (Å²) in [4.78, 5) is 24.0. The first-order valence-corrected chi connectivity index (χ1v) is 3.29. The van der Waals surface area contributed by atoms with Crippen molar-refractivity contribution in [1.82, 2.24) is 9.80 Å². The van der Waals surface area contributed by atoms with Crippen LogP contribution in [0.15, 0.2) is 10.2 Å². The molecule has 0 aliphatic rings. The molecule has 0 atom stereocenters. The molecule has 14 heavy (non-hydrogen) atoms. The average Bonchev–Trinajstić information content (AvgIpc) is 1.98. The van der Waals surface area contributed by atoms with Crippen LogP contribution in [0.5, 0.6) is 0 Å². The first-order chi connectivity index (χ1) is 5.45. The van der Waals surface area contributed by atoms with E-state index in [-0.39, 0.29) is 17.9 Å². The number of carbonyl (C=O) groups excluding carboxylic acids is 2. The quantitative estimate of drug-likeness (QED) is 0.559. The number of carbonyl (C=O) groups is 2. The first kappa shape index (κ1) is 18.5. The van der Waals surface area contributed by atoms with Crippen molar-refractivity contribution in [2.24, 2.45) is 10.2 Å². The summed E-state index contributed by atoms with van der Waals surface area (Å²) < 4.78 is 0. The van der Waals surface area contributed by atoms with Crippen LogP contribution in [-0.2, 0) is 0 Å². The van der Waals surface area contributed by atoms with Gasteiger partial charge in [-0.15, -0.1) is 12.4 Å². The van der Waals surface area contributed by atoms with Crippen molar-refractivity contribution in [3.63, 3.8) is 0 Å². The van der Waals surface area contributed by atoms with Gasteiger partial charge in [0.15, 0.2) is 0 Å². The highest BCUT2D eigenvalue weighted by molar-refractivity contribution is 5.85. The molecule has 0 spiro atoms. The molecule has 4 amide bonds. The zero-order valence-electron chi connectivity index (χ0n) is 8.51. The van der Waals surface area contributed by atoms with Crippen molar-refractivity contribution in [3.05, 3.63) is 0 Å². The Balaban J connectivity index is -0.000000605. The minimum atomic E-state index is -0.551. The van der Waals surface area contributed by atoms with Gasteiger partial charge in [-0.25, -0.2) is 9.59 Å². The van der Waals surface area contributed by atoms with Crippen LogP contribution in [0.2, 0.25) is 0 Å². The number of urea groups is 2. The molecule has 0 fully saturated rings. The second-order valence-electron chi connectivity index (χ2n) is 2.55. The number of azo groups is 1. The first-order valence-electron chi connectivity index (χ1n) is 3.29. The van der Waals surface area contributed by atoms with Gasteiger partial charge in [0.25, 0.3) is 0 Å². The highest BCUT2D eigenvalue weighted by atomic mass is 35.5. The molecule has 0 saturated heterocycles. The van der Waals surface area contributed by atoms with E-state index in [2.05, 4.69) is 10.2 Å². The lowest BCUT2D eigenvalue weighted by Gasteiger charge is -2.05. The fourth-order valence-electron chi connectivity index (χ4n) is 0.264. The van der Waals surface area contributed by atoms with E-state index >= 15 is 0 Å². The van der Waals surface area contributed by atoms with Gasteiger partial charge in [-0.05, 0) is 0 Å². The SMILES string of the molecule is CN(C)C(=O)/N=N/C(=O)N(C)C.Cl.O. The van der Waals surface area contributed by atoms with Gasteiger partial charge >= 0.3 is 12.1 Å². The number of amides is 4. The number of hydrogen-bond acceptors (Lipinski definition) is 2. The summed E-state index contributed by atoms with van der Waals surface area (Å²) in [7, 11) is 6.12. The molecule has 0 bridgehead atoms. The van der Waals surface area contributed by atoms with Crippen LogP contribution in [0, 0.1) is 0 Å². The van der Waals surface area contributed by atoms with Gasteiger partial charge in [0, 0.05) is 28.2 Å². The largest absolute Gasteiger partial charge is 0.412 e. The standard InChI is InChI=1S/C6H12N4O2.ClH.H2O/c1-9(2)5(11)7-8-6(12)10(3)4;;/h1-4H3;1H;1H2/b8-7+;;. The molecule has 2 N–H and O–H groups in total. The van der Waals surface area contributed by atoms with Crippen molar-refractivity contribution in [2.45, 2.75) is 0 Å². The molecule has 0 aliphatic heterocycles. The van der Waals surface area contributed by atoms with E-state index in [0.29, 0.717) is 0 Å². The Hall–Kier alpha value is -1.21. The van der Waals surface area contributed by atoms with E-state index in [1.165, 1.54) is 38.0 Å². The molecule has 0 aromatic rings. The van der Waals surface area contributed by atoms with Gasteiger partial charge in [0.2, 0.25) is 0 Å². The number of rotatable bonds is 0. The zero-order chi connectivity index (χ0) is 9.72. The molecule has 0 aromatic heterocycles. The Morgan fingerprint density at radius 2 is 1.07 bits per heavy atom. The molecule has 84 valence electrons. The van der Waals surface area contributed by atoms with Crippen LogP contribution >= 0.6 is 12.4 Å². The Bertz CT molecular complexity index is 195. The van der Waals surface area contributed by atoms with Crippen molar-refractivity contribution in [3.8, 4) is 0 Å². The van der Waals surface area contributed by atoms with Crippen LogP contribution in [0.25, 0.3) is 0 Å². The maximum Gasteiger partial charge on any atom is 0.361 e. The van der Waals surface area contributed by atoms with E-state index in [1.807, 2.05) is 0 Å². The molecule has 0 aromatic carbocycles. The molecule has 0 rings (SSSR count). The summed E-state index contributed by atoms with van der Waals surface area (Å²) in [5, 5.41) is 6.33. The molecule has 0 aliphatic carbocycles. The molecule has 7 nitrogen and oxygen atoms in total. The van der Waals surface area contributed by atoms with Crippen LogP contribution in [0.1, 0.15) is 0 Å². The van der Waals surface area contributed by atoms with Crippen LogP contribution in [-0.4, -0.2) is 55.5 Å². The summed E-state index contributed by atoms with van der Waals surface area (Å²) in [6, 6.07) is -1.10. The van der Waals surface area contributed by atoms with Gasteiger partial charge in [-0.2, -0.15) is 0 Å². The third-order valence-electron chi connectivity index (χ3n) is 0.986. The third-order valence-corrected chi connectivity index (χ3v) is 0.986. The molecule has 8 heteroatoms. The number of hydrogen-bond donors (Lipinski definition) is 0. The summed E-state index contributed by atoms with van der Waals surface area (Å²) in [5.74, 6) is 0. The van der Waals surface area contributed by atoms with Crippen molar-refractivity contribution in [2.75, 3.05) is 28.2 Å². The van der Waals surface area contributed by atoms with Crippen molar-refractivity contribution >= 4 is 24.5 Å². The van der Waals surface area contributed by atoms with Gasteiger partial charge < -0.3 is 15.3 Å². The molecular formula is C6H15ClN4O3. The number of halogens is 1. The summed E-state index contributed by atoms with van der Waals surface area (Å²) in [5.41, 5.74) is 0. The lowest BCUT2D eigenvalue weighted by atomic mass is 10.8. The van der Waals surface area contributed by atoms with E-state index in [1.54, 1.807) is 0 Å². The Kier molecular flexibility index (Phi) is 11.1. The summed E-state index contributed by atoms with van der Waals surface area (Å²) in [6.45, 7) is 0. The van der Waals surface area contributed by atoms with Crippen LogP contribution in [0.3, 0.4) is 0 Å². The summed E-state index contributed by atoms with van der Waals surface area (Å²) >= 11 is 0. The molecule has 0 saturated carbocycles. The smallest absolute Gasteiger partial charge is 0.361 e. The van der Waals surface area contributed by atoms with E-state index in [4.69, 9.17) is 0 Å². The molecule has 0 heterocycles. The lowest BCUT2D eigenvalue weighted by molar-refractivity contribution is 0.218. The normalized spacial score (nSPS) is 8.57. The Morgan fingerprint density at radius 3 is 1.21 bits per heavy atom. The predicted molar refractivity (Wildman–Crippen MR) is 53.9 cm³/mol. The van der Waals surface area contributed by atoms with Crippen LogP contribution in [0.4, 0.5) is 9.59 Å². The Morgan fingerprint density at radius 1 is 0.857 bits per heavy atom. The van der Waals surface area contributed by atoms with Crippen LogP contribution < -0.4 is 0 Å². The fraction of sp³-hybridized carbons (Fsp3) is 0.667. The Labute approximate surface area is 88.5 Å². The maximum atomic E-state index is 10.8. The van der Waals surface area contributed by atoms with Gasteiger partial charge in [-0.3, -0.25) is 0 Å². The minimum absolute atomic E-state index is 0. The zero-order valence-corrected chi connectivity index (χ0v) is 9.33. The predicted octanol–water partition coefficient (Wildman–Crippen LogP) is 0.399. The molecular weight excluding hydrogens is 212 g/mol. The molecule has 0 unspecified atom stereocenters. The highest BCUT2D eigenvalue weighted by Gasteiger charge is 2.03.